The highest BCUT2D eigenvalue weighted by atomic mass is 32.2. The summed E-state index contributed by atoms with van der Waals surface area (Å²) in [6.07, 6.45) is -3.29. The molecule has 1 fully saturated rings. The van der Waals surface area contributed by atoms with Crippen LogP contribution in [0.25, 0.3) is 0 Å². The van der Waals surface area contributed by atoms with Crippen LogP contribution in [0.15, 0.2) is 11.6 Å². The molecule has 0 bridgehead atoms. The molecule has 9 heteroatoms. The summed E-state index contributed by atoms with van der Waals surface area (Å²) < 4.78 is 36.3. The van der Waals surface area contributed by atoms with E-state index in [1.807, 2.05) is 0 Å². The molecule has 0 aromatic heterocycles. The predicted molar refractivity (Wildman–Crippen MR) is 65.6 cm³/mol. The van der Waals surface area contributed by atoms with Crippen molar-refractivity contribution >= 4 is 22.8 Å². The Labute approximate surface area is 117 Å². The van der Waals surface area contributed by atoms with Gasteiger partial charge in [0.05, 0.1) is 13.2 Å². The Hall–Kier alpha value is -1.06. The summed E-state index contributed by atoms with van der Waals surface area (Å²) in [5, 5.41) is 9.43. The van der Waals surface area contributed by atoms with Gasteiger partial charge in [0, 0.05) is 18.7 Å². The molecule has 1 atom stereocenters. The maximum atomic E-state index is 12.1. The third-order valence-electron chi connectivity index (χ3n) is 2.52. The summed E-state index contributed by atoms with van der Waals surface area (Å²) in [7, 11) is 0. The molecule has 1 heterocycles. The van der Waals surface area contributed by atoms with Crippen molar-refractivity contribution in [2.75, 3.05) is 19.7 Å². The normalized spacial score (nSPS) is 22.9. The van der Waals surface area contributed by atoms with Crippen molar-refractivity contribution in [2.45, 2.75) is 24.8 Å². The average molecular weight is 313 g/mol. The lowest BCUT2D eigenvalue weighted by Crippen LogP contribution is -2.41. The standard InChI is InChI=1S/C11H14F3NO4S/c1-7(17)20-9-2-4-15(6-8(9)3-5-16)19-10(18)11(12,13)14/h3,9,16H,2,4-6H2,1H3/b8-3+. The van der Waals surface area contributed by atoms with Gasteiger partial charge in [-0.05, 0) is 12.0 Å². The van der Waals surface area contributed by atoms with Gasteiger partial charge < -0.3 is 9.94 Å². The fourth-order valence-corrected chi connectivity index (χ4v) is 2.67. The van der Waals surface area contributed by atoms with Gasteiger partial charge in [-0.1, -0.05) is 17.8 Å². The van der Waals surface area contributed by atoms with E-state index in [-0.39, 0.29) is 30.1 Å². The Morgan fingerprint density at radius 3 is 2.70 bits per heavy atom. The summed E-state index contributed by atoms with van der Waals surface area (Å²) in [4.78, 5) is 26.1. The number of alkyl halides is 3. The molecule has 1 aliphatic rings. The largest absolute Gasteiger partial charge is 0.492 e. The minimum absolute atomic E-state index is 0.0622. The number of carbonyl (C=O) groups excluding carboxylic acids is 2. The highest BCUT2D eigenvalue weighted by Crippen LogP contribution is 2.29. The average Bonchev–Trinajstić information content (AvgIpc) is 2.31. The topological polar surface area (TPSA) is 66.8 Å². The molecule has 1 N–H and O–H groups in total. The molecule has 0 amide bonds. The molecule has 1 aliphatic heterocycles. The highest BCUT2D eigenvalue weighted by molar-refractivity contribution is 8.14. The number of hydrogen-bond donors (Lipinski definition) is 1. The zero-order chi connectivity index (χ0) is 15.3. The lowest BCUT2D eigenvalue weighted by Gasteiger charge is -2.32. The molecular weight excluding hydrogens is 299 g/mol. The second-order valence-electron chi connectivity index (χ2n) is 4.09. The van der Waals surface area contributed by atoms with E-state index in [9.17, 15) is 22.8 Å². The van der Waals surface area contributed by atoms with E-state index in [0.29, 0.717) is 12.0 Å². The van der Waals surface area contributed by atoms with Crippen LogP contribution in [-0.4, -0.2) is 52.4 Å². The van der Waals surface area contributed by atoms with E-state index in [0.717, 1.165) is 16.8 Å². The first-order chi connectivity index (χ1) is 9.24. The molecule has 0 aliphatic carbocycles. The Morgan fingerprint density at radius 1 is 1.55 bits per heavy atom. The Balaban J connectivity index is 2.67. The van der Waals surface area contributed by atoms with E-state index >= 15 is 0 Å². The van der Waals surface area contributed by atoms with Crippen LogP contribution in [0.1, 0.15) is 13.3 Å². The van der Waals surface area contributed by atoms with Crippen molar-refractivity contribution < 1.29 is 32.7 Å². The van der Waals surface area contributed by atoms with Crippen molar-refractivity contribution in [3.63, 3.8) is 0 Å². The second-order valence-corrected chi connectivity index (χ2v) is 5.47. The summed E-state index contributed by atoms with van der Waals surface area (Å²) in [5.41, 5.74) is 0.564. The SMILES string of the molecule is CC(=O)SC1CCN(OC(=O)C(F)(F)F)C/C1=C\CO. The van der Waals surface area contributed by atoms with E-state index in [1.54, 1.807) is 0 Å². The summed E-state index contributed by atoms with van der Waals surface area (Å²) in [6, 6.07) is 0. The maximum Gasteiger partial charge on any atom is 0.492 e. The molecule has 5 nitrogen and oxygen atoms in total. The van der Waals surface area contributed by atoms with Crippen LogP contribution in [0, 0.1) is 0 Å². The predicted octanol–water partition coefficient (Wildman–Crippen LogP) is 1.28. The monoisotopic (exact) mass is 313 g/mol. The minimum atomic E-state index is -5.05. The summed E-state index contributed by atoms with van der Waals surface area (Å²) in [6.45, 7) is 1.12. The lowest BCUT2D eigenvalue weighted by molar-refractivity contribution is -0.238. The number of halogens is 3. The molecule has 0 aromatic rings. The molecule has 0 radical (unpaired) electrons. The number of hydroxylamine groups is 2. The molecule has 1 unspecified atom stereocenters. The first kappa shape index (κ1) is 17.0. The molecule has 1 rings (SSSR count). The molecule has 0 saturated carbocycles. The van der Waals surface area contributed by atoms with Crippen LogP contribution in [0.4, 0.5) is 13.2 Å². The number of carbonyl (C=O) groups is 2. The second kappa shape index (κ2) is 7.09. The summed E-state index contributed by atoms with van der Waals surface area (Å²) >= 11 is 1.04. The van der Waals surface area contributed by atoms with Gasteiger partial charge in [0.1, 0.15) is 0 Å². The zero-order valence-corrected chi connectivity index (χ0v) is 11.5. The van der Waals surface area contributed by atoms with Gasteiger partial charge in [-0.3, -0.25) is 4.79 Å². The van der Waals surface area contributed by atoms with Crippen LogP contribution < -0.4 is 0 Å². The number of aliphatic hydroxyl groups excluding tert-OH is 1. The van der Waals surface area contributed by atoms with Gasteiger partial charge in [0.25, 0.3) is 0 Å². The molecule has 20 heavy (non-hydrogen) atoms. The van der Waals surface area contributed by atoms with E-state index in [2.05, 4.69) is 4.84 Å². The minimum Gasteiger partial charge on any atom is -0.392 e. The molecule has 0 spiro atoms. The summed E-state index contributed by atoms with van der Waals surface area (Å²) in [5.74, 6) is -2.28. The van der Waals surface area contributed by atoms with Crippen molar-refractivity contribution in [1.82, 2.24) is 5.06 Å². The van der Waals surface area contributed by atoms with Gasteiger partial charge in [-0.25, -0.2) is 4.79 Å². The fourth-order valence-electron chi connectivity index (χ4n) is 1.73. The van der Waals surface area contributed by atoms with Crippen LogP contribution >= 0.6 is 11.8 Å². The van der Waals surface area contributed by atoms with Crippen LogP contribution in [0.3, 0.4) is 0 Å². The first-order valence-electron chi connectivity index (χ1n) is 5.75. The van der Waals surface area contributed by atoms with Crippen LogP contribution in [0.5, 0.6) is 0 Å². The molecule has 114 valence electrons. The highest BCUT2D eigenvalue weighted by Gasteiger charge is 2.43. The van der Waals surface area contributed by atoms with Gasteiger partial charge in [0.2, 0.25) is 0 Å². The number of aliphatic hydroxyl groups is 1. The number of rotatable bonds is 3. The van der Waals surface area contributed by atoms with Crippen molar-refractivity contribution in [3.05, 3.63) is 11.6 Å². The van der Waals surface area contributed by atoms with Gasteiger partial charge in [-0.15, -0.1) is 5.06 Å². The quantitative estimate of drug-likeness (QED) is 0.792. The Kier molecular flexibility index (Phi) is 6.03. The Morgan fingerprint density at radius 2 is 2.20 bits per heavy atom. The third-order valence-corrected chi connectivity index (χ3v) is 3.67. The number of hydrogen-bond acceptors (Lipinski definition) is 6. The zero-order valence-electron chi connectivity index (χ0n) is 10.6. The number of thioether (sulfide) groups is 1. The van der Waals surface area contributed by atoms with E-state index in [4.69, 9.17) is 5.11 Å². The van der Waals surface area contributed by atoms with Crippen molar-refractivity contribution in [1.29, 1.82) is 0 Å². The van der Waals surface area contributed by atoms with Gasteiger partial charge in [-0.2, -0.15) is 13.2 Å². The first-order valence-corrected chi connectivity index (χ1v) is 6.63. The van der Waals surface area contributed by atoms with E-state index < -0.39 is 12.1 Å². The number of nitrogens with zero attached hydrogens (tertiary/aromatic N) is 1. The number of piperidine rings is 1. The fraction of sp³-hybridized carbons (Fsp3) is 0.636. The van der Waals surface area contributed by atoms with Gasteiger partial charge in [0.15, 0.2) is 5.12 Å². The van der Waals surface area contributed by atoms with Gasteiger partial charge >= 0.3 is 12.1 Å². The van der Waals surface area contributed by atoms with Crippen molar-refractivity contribution in [3.8, 4) is 0 Å². The lowest BCUT2D eigenvalue weighted by atomic mass is 10.1. The third kappa shape index (κ3) is 5.14. The maximum absolute atomic E-state index is 12.1. The molecular formula is C11H14F3NO4S. The van der Waals surface area contributed by atoms with Crippen molar-refractivity contribution in [2.24, 2.45) is 0 Å². The van der Waals surface area contributed by atoms with Crippen LogP contribution in [0.2, 0.25) is 0 Å². The van der Waals surface area contributed by atoms with Crippen LogP contribution in [-0.2, 0) is 14.4 Å². The molecule has 1 saturated heterocycles. The smallest absolute Gasteiger partial charge is 0.392 e. The Bertz CT molecular complexity index is 411. The van der Waals surface area contributed by atoms with E-state index in [1.165, 1.54) is 13.0 Å². The molecule has 0 aromatic carbocycles.